The fraction of sp³-hybridized carbons (Fsp3) is 0.476. The van der Waals surface area contributed by atoms with Crippen molar-refractivity contribution in [2.24, 2.45) is 11.3 Å². The van der Waals surface area contributed by atoms with Gasteiger partial charge in [0.15, 0.2) is 24.1 Å². The van der Waals surface area contributed by atoms with E-state index in [1.807, 2.05) is 24.3 Å². The van der Waals surface area contributed by atoms with Crippen LogP contribution in [-0.2, 0) is 52.3 Å². The Kier molecular flexibility index (Phi) is 17.4. The van der Waals surface area contributed by atoms with Crippen LogP contribution in [0, 0.1) is 11.3 Å². The van der Waals surface area contributed by atoms with Gasteiger partial charge in [0.2, 0.25) is 0 Å². The zero-order valence-corrected chi connectivity index (χ0v) is 31.8. The first-order valence-electron chi connectivity index (χ1n) is 18.4. The SMILES string of the molecule is C=CC(=O)OCCOCCOC(C)OCCC1CC1(CCOC(C)OCCOCCOC(=O)C=C)C(=O)COc1ccc2c(c1)C(=O)c1ccccc1C2=C. The number of ether oxygens (including phenoxy) is 9. The lowest BCUT2D eigenvalue weighted by Gasteiger charge is -2.22. The molecule has 2 aromatic carbocycles. The molecule has 0 aromatic heterocycles. The zero-order valence-electron chi connectivity index (χ0n) is 31.8. The van der Waals surface area contributed by atoms with Crippen molar-refractivity contribution in [2.45, 2.75) is 45.7 Å². The third-order valence-electron chi connectivity index (χ3n) is 9.37. The first kappa shape index (κ1) is 43.2. The van der Waals surface area contributed by atoms with Crippen LogP contribution in [0.15, 0.2) is 74.4 Å². The van der Waals surface area contributed by atoms with Gasteiger partial charge < -0.3 is 42.6 Å². The minimum Gasteiger partial charge on any atom is -0.486 e. The fourth-order valence-corrected chi connectivity index (χ4v) is 6.29. The van der Waals surface area contributed by atoms with E-state index in [4.69, 9.17) is 42.6 Å². The van der Waals surface area contributed by atoms with E-state index in [1.54, 1.807) is 32.0 Å². The molecule has 1 saturated carbocycles. The molecule has 0 spiro atoms. The third-order valence-corrected chi connectivity index (χ3v) is 9.37. The number of rotatable bonds is 28. The summed E-state index contributed by atoms with van der Waals surface area (Å²) in [5, 5.41) is 0. The van der Waals surface area contributed by atoms with Crippen molar-refractivity contribution in [3.05, 3.63) is 96.6 Å². The molecule has 4 atom stereocenters. The van der Waals surface area contributed by atoms with E-state index in [-0.39, 0.29) is 63.7 Å². The summed E-state index contributed by atoms with van der Waals surface area (Å²) >= 11 is 0. The topological polar surface area (TPSA) is 151 Å². The smallest absolute Gasteiger partial charge is 0.330 e. The molecule has 0 heterocycles. The minimum atomic E-state index is -0.667. The number of esters is 2. The second kappa shape index (κ2) is 22.2. The molecule has 4 unspecified atom stereocenters. The molecule has 0 radical (unpaired) electrons. The molecule has 2 aliphatic carbocycles. The highest BCUT2D eigenvalue weighted by molar-refractivity contribution is 6.18. The van der Waals surface area contributed by atoms with Crippen molar-refractivity contribution >= 4 is 29.1 Å². The van der Waals surface area contributed by atoms with Gasteiger partial charge in [0.1, 0.15) is 25.6 Å². The van der Waals surface area contributed by atoms with Gasteiger partial charge in [-0.3, -0.25) is 9.59 Å². The lowest BCUT2D eigenvalue weighted by molar-refractivity contribution is -0.149. The van der Waals surface area contributed by atoms with Crippen molar-refractivity contribution in [1.29, 1.82) is 0 Å². The van der Waals surface area contributed by atoms with Gasteiger partial charge in [0.05, 0.1) is 52.9 Å². The van der Waals surface area contributed by atoms with Gasteiger partial charge in [-0.1, -0.05) is 44.0 Å². The van der Waals surface area contributed by atoms with Gasteiger partial charge in [-0.25, -0.2) is 9.59 Å². The molecule has 298 valence electrons. The molecule has 0 amide bonds. The Balaban J connectivity index is 1.25. The molecule has 0 N–H and O–H groups in total. The molecular weight excluding hydrogens is 712 g/mol. The maximum absolute atomic E-state index is 13.9. The summed E-state index contributed by atoms with van der Waals surface area (Å²) in [6.07, 6.45) is 2.90. The van der Waals surface area contributed by atoms with Crippen LogP contribution in [0.5, 0.6) is 5.75 Å². The lowest BCUT2D eigenvalue weighted by Crippen LogP contribution is -2.28. The molecule has 2 aliphatic rings. The maximum Gasteiger partial charge on any atom is 0.330 e. The Morgan fingerprint density at radius 3 is 1.89 bits per heavy atom. The predicted octanol–water partition coefficient (Wildman–Crippen LogP) is 5.28. The largest absolute Gasteiger partial charge is 0.486 e. The van der Waals surface area contributed by atoms with E-state index in [1.165, 1.54) is 0 Å². The Labute approximate surface area is 322 Å². The molecule has 55 heavy (non-hydrogen) atoms. The van der Waals surface area contributed by atoms with E-state index in [0.717, 1.165) is 28.9 Å². The summed E-state index contributed by atoms with van der Waals surface area (Å²) in [4.78, 5) is 49.3. The molecule has 0 aliphatic heterocycles. The van der Waals surface area contributed by atoms with Crippen LogP contribution >= 0.6 is 0 Å². The van der Waals surface area contributed by atoms with Gasteiger partial charge in [-0.2, -0.15) is 0 Å². The van der Waals surface area contributed by atoms with Gasteiger partial charge in [-0.15, -0.1) is 0 Å². The van der Waals surface area contributed by atoms with Crippen LogP contribution in [0.2, 0.25) is 0 Å². The summed E-state index contributed by atoms with van der Waals surface area (Å²) in [7, 11) is 0. The van der Waals surface area contributed by atoms with E-state index in [2.05, 4.69) is 19.7 Å². The van der Waals surface area contributed by atoms with E-state index >= 15 is 0 Å². The number of hydrogen-bond donors (Lipinski definition) is 0. The van der Waals surface area contributed by atoms with Crippen LogP contribution in [0.25, 0.3) is 5.57 Å². The van der Waals surface area contributed by atoms with Crippen LogP contribution in [-0.4, -0.2) is 109 Å². The van der Waals surface area contributed by atoms with Gasteiger partial charge >= 0.3 is 11.9 Å². The number of benzene rings is 2. The molecule has 1 fully saturated rings. The molecule has 0 saturated heterocycles. The van der Waals surface area contributed by atoms with Gasteiger partial charge in [0, 0.05) is 28.7 Å². The number of ketones is 2. The number of carbonyl (C=O) groups is 4. The highest BCUT2D eigenvalue weighted by atomic mass is 16.7. The number of fused-ring (bicyclic) bond motifs is 2. The summed E-state index contributed by atoms with van der Waals surface area (Å²) in [6.45, 7) is 16.8. The van der Waals surface area contributed by atoms with Crippen molar-refractivity contribution in [1.82, 2.24) is 0 Å². The molecule has 13 heteroatoms. The van der Waals surface area contributed by atoms with E-state index < -0.39 is 29.9 Å². The van der Waals surface area contributed by atoms with Gasteiger partial charge in [0.25, 0.3) is 0 Å². The maximum atomic E-state index is 13.9. The molecule has 2 aromatic rings. The number of Topliss-reactive ketones (excluding diaryl/α,β-unsaturated/α-hetero) is 1. The summed E-state index contributed by atoms with van der Waals surface area (Å²) in [6, 6.07) is 12.6. The van der Waals surface area contributed by atoms with Crippen LogP contribution in [0.1, 0.15) is 60.2 Å². The van der Waals surface area contributed by atoms with Gasteiger partial charge in [-0.05, 0) is 73.9 Å². The van der Waals surface area contributed by atoms with E-state index in [9.17, 15) is 19.2 Å². The predicted molar refractivity (Wildman–Crippen MR) is 201 cm³/mol. The summed E-state index contributed by atoms with van der Waals surface area (Å²) in [5.41, 5.74) is 2.73. The quantitative estimate of drug-likeness (QED) is 0.0409. The number of carbonyl (C=O) groups excluding carboxylic acids is 4. The monoisotopic (exact) mass is 764 g/mol. The highest BCUT2D eigenvalue weighted by Gasteiger charge is 2.58. The second-order valence-corrected chi connectivity index (χ2v) is 13.0. The Morgan fingerprint density at radius 1 is 0.727 bits per heavy atom. The molecule has 4 rings (SSSR count). The summed E-state index contributed by atoms with van der Waals surface area (Å²) < 4.78 is 49.7. The van der Waals surface area contributed by atoms with Crippen molar-refractivity contribution in [3.63, 3.8) is 0 Å². The van der Waals surface area contributed by atoms with Crippen LogP contribution in [0.3, 0.4) is 0 Å². The molecule has 0 bridgehead atoms. The third kappa shape index (κ3) is 13.1. The normalized spacial score (nSPS) is 18.0. The van der Waals surface area contributed by atoms with Crippen molar-refractivity contribution in [3.8, 4) is 5.75 Å². The van der Waals surface area contributed by atoms with E-state index in [0.29, 0.717) is 62.6 Å². The zero-order chi connectivity index (χ0) is 39.6. The van der Waals surface area contributed by atoms with Crippen molar-refractivity contribution < 1.29 is 61.8 Å². The average molecular weight is 765 g/mol. The Bertz CT molecular complexity index is 1650. The average Bonchev–Trinajstić information content (AvgIpc) is 3.91. The standard InChI is InChI=1S/C42H52O13/c1-6-39(44)53-24-20-47-18-22-51-30(4)49-16-14-32-27-42(32,15-17-50-31(5)52-23-19-48-21-25-54-40(45)7-2)38(43)28-55-33-12-13-35-29(3)34-10-8-9-11-36(34)41(46)37(35)26-33/h6-13,26,30-32H,1-3,14-25,27-28H2,4-5H3. The minimum absolute atomic E-state index is 0.0470. The highest BCUT2D eigenvalue weighted by Crippen LogP contribution is 2.58. The molecular formula is C42H52O13. The number of hydrogen-bond acceptors (Lipinski definition) is 13. The Morgan fingerprint density at radius 2 is 1.27 bits per heavy atom. The fourth-order valence-electron chi connectivity index (χ4n) is 6.29. The second-order valence-electron chi connectivity index (χ2n) is 13.0. The first-order chi connectivity index (χ1) is 26.6. The summed E-state index contributed by atoms with van der Waals surface area (Å²) in [5.74, 6) is -0.702. The first-order valence-corrected chi connectivity index (χ1v) is 18.4. The van der Waals surface area contributed by atoms with Crippen molar-refractivity contribution in [2.75, 3.05) is 72.7 Å². The van der Waals surface area contributed by atoms with Crippen LogP contribution in [0.4, 0.5) is 0 Å². The lowest BCUT2D eigenvalue weighted by atomic mass is 9.82. The van der Waals surface area contributed by atoms with Crippen LogP contribution < -0.4 is 4.74 Å². The Hall–Kier alpha value is -4.50. The molecule has 13 nitrogen and oxygen atoms in total.